The lowest BCUT2D eigenvalue weighted by Gasteiger charge is -2.19. The van der Waals surface area contributed by atoms with Crippen molar-refractivity contribution < 1.29 is 17.9 Å². The van der Waals surface area contributed by atoms with E-state index in [9.17, 15) is 13.2 Å². The van der Waals surface area contributed by atoms with E-state index in [1.165, 1.54) is 3.97 Å². The Morgan fingerprint density at radius 3 is 2.26 bits per heavy atom. The fraction of sp³-hybridized carbons (Fsp3) is 0.258. The van der Waals surface area contributed by atoms with E-state index in [1.54, 1.807) is 16.7 Å². The lowest BCUT2D eigenvalue weighted by Crippen LogP contribution is -2.26. The minimum Gasteiger partial charge on any atom is -0.443 e. The fourth-order valence-corrected chi connectivity index (χ4v) is 6.90. The summed E-state index contributed by atoms with van der Waals surface area (Å²) >= 11 is 0. The van der Waals surface area contributed by atoms with Gasteiger partial charge in [-0.25, -0.2) is 17.2 Å². The molecule has 1 saturated carbocycles. The van der Waals surface area contributed by atoms with Crippen molar-refractivity contribution in [2.75, 3.05) is 0 Å². The van der Waals surface area contributed by atoms with Crippen LogP contribution < -0.4 is 0 Å². The van der Waals surface area contributed by atoms with Gasteiger partial charge in [-0.3, -0.25) is 4.57 Å². The quantitative estimate of drug-likeness (QED) is 0.248. The Labute approximate surface area is 222 Å². The van der Waals surface area contributed by atoms with Gasteiger partial charge < -0.3 is 4.74 Å². The number of benzene rings is 3. The molecular formula is C31H30N2O4S. The Bertz CT molecular complexity index is 1800. The summed E-state index contributed by atoms with van der Waals surface area (Å²) in [5.74, 6) is 0.0837. The Morgan fingerprint density at radius 1 is 0.895 bits per heavy atom. The summed E-state index contributed by atoms with van der Waals surface area (Å²) in [4.78, 5) is 13.3. The van der Waals surface area contributed by atoms with Crippen molar-refractivity contribution >= 4 is 37.9 Å². The highest BCUT2D eigenvalue weighted by Gasteiger charge is 2.45. The zero-order chi connectivity index (χ0) is 26.8. The van der Waals surface area contributed by atoms with Crippen LogP contribution >= 0.6 is 0 Å². The first-order valence-electron chi connectivity index (χ1n) is 12.8. The summed E-state index contributed by atoms with van der Waals surface area (Å²) in [5.41, 5.74) is 3.65. The van der Waals surface area contributed by atoms with Crippen LogP contribution in [0.25, 0.3) is 21.8 Å². The van der Waals surface area contributed by atoms with Crippen molar-refractivity contribution in [2.24, 2.45) is 0 Å². The third kappa shape index (κ3) is 4.11. The maximum atomic E-state index is 14.0. The van der Waals surface area contributed by atoms with Crippen LogP contribution in [0.4, 0.5) is 4.79 Å². The first-order chi connectivity index (χ1) is 18.0. The number of fused-ring (bicyclic) bond motifs is 2. The number of carbonyl (C=O) groups excluding carboxylic acids is 1. The molecule has 1 fully saturated rings. The van der Waals surface area contributed by atoms with Gasteiger partial charge in [-0.05, 0) is 75.9 Å². The van der Waals surface area contributed by atoms with Gasteiger partial charge in [0.25, 0.3) is 10.0 Å². The van der Waals surface area contributed by atoms with Crippen LogP contribution in [0.1, 0.15) is 55.8 Å². The van der Waals surface area contributed by atoms with Crippen LogP contribution in [0.3, 0.4) is 0 Å². The maximum absolute atomic E-state index is 14.0. The Morgan fingerprint density at radius 2 is 1.55 bits per heavy atom. The second kappa shape index (κ2) is 8.60. The SMILES string of the molecule is Cc1ccc(S(=O)(=O)n2c(C3C[C@H]3c3cn(C(=O)OC(C)(C)C)c4ccccc34)cc3ccccc32)cc1. The fourth-order valence-electron chi connectivity index (χ4n) is 5.32. The van der Waals surface area contributed by atoms with Gasteiger partial charge in [-0.1, -0.05) is 54.1 Å². The average molecular weight is 527 g/mol. The molecule has 0 bridgehead atoms. The normalized spacial score (nSPS) is 17.7. The molecule has 0 N–H and O–H groups in total. The number of nitrogens with zero attached hydrogens (tertiary/aromatic N) is 2. The van der Waals surface area contributed by atoms with Crippen molar-refractivity contribution in [3.05, 3.63) is 102 Å². The summed E-state index contributed by atoms with van der Waals surface area (Å²) in [6.45, 7) is 7.49. The molecule has 6 nitrogen and oxygen atoms in total. The van der Waals surface area contributed by atoms with Crippen molar-refractivity contribution in [1.29, 1.82) is 0 Å². The second-order valence-electron chi connectivity index (χ2n) is 11.1. The Balaban J connectivity index is 1.45. The molecule has 3 aromatic carbocycles. The van der Waals surface area contributed by atoms with E-state index in [2.05, 4.69) is 0 Å². The van der Waals surface area contributed by atoms with Crippen LogP contribution in [0, 0.1) is 6.92 Å². The molecule has 1 aliphatic rings. The molecule has 2 heterocycles. The van der Waals surface area contributed by atoms with Gasteiger partial charge in [0.1, 0.15) is 5.60 Å². The van der Waals surface area contributed by atoms with Crippen LogP contribution in [-0.4, -0.2) is 28.7 Å². The Hall–Kier alpha value is -3.84. The maximum Gasteiger partial charge on any atom is 0.419 e. The van der Waals surface area contributed by atoms with Gasteiger partial charge in [-0.15, -0.1) is 0 Å². The van der Waals surface area contributed by atoms with Crippen LogP contribution in [0.2, 0.25) is 0 Å². The Kier molecular flexibility index (Phi) is 5.54. The van der Waals surface area contributed by atoms with Crippen molar-refractivity contribution in [3.8, 4) is 0 Å². The first kappa shape index (κ1) is 24.5. The molecule has 2 aromatic heterocycles. The van der Waals surface area contributed by atoms with E-state index in [4.69, 9.17) is 4.74 Å². The number of hydrogen-bond donors (Lipinski definition) is 0. The second-order valence-corrected chi connectivity index (χ2v) is 12.9. The highest BCUT2D eigenvalue weighted by Crippen LogP contribution is 2.57. The molecule has 5 aromatic rings. The molecule has 7 heteroatoms. The predicted molar refractivity (Wildman–Crippen MR) is 149 cm³/mol. The molecule has 1 unspecified atom stereocenters. The molecule has 0 spiro atoms. The van der Waals surface area contributed by atoms with Gasteiger partial charge >= 0.3 is 6.09 Å². The summed E-state index contributed by atoms with van der Waals surface area (Å²) < 4.78 is 36.7. The lowest BCUT2D eigenvalue weighted by atomic mass is 10.1. The minimum atomic E-state index is -3.81. The zero-order valence-electron chi connectivity index (χ0n) is 21.9. The van der Waals surface area contributed by atoms with Crippen molar-refractivity contribution in [3.63, 3.8) is 0 Å². The third-order valence-electron chi connectivity index (χ3n) is 7.16. The first-order valence-corrected chi connectivity index (χ1v) is 14.2. The molecule has 194 valence electrons. The zero-order valence-corrected chi connectivity index (χ0v) is 22.7. The van der Waals surface area contributed by atoms with Gasteiger partial charge in [-0.2, -0.15) is 0 Å². The third-order valence-corrected chi connectivity index (χ3v) is 8.91. The molecule has 2 atom stereocenters. The van der Waals surface area contributed by atoms with Gasteiger partial charge in [0.05, 0.1) is 15.9 Å². The van der Waals surface area contributed by atoms with E-state index in [0.29, 0.717) is 5.52 Å². The van der Waals surface area contributed by atoms with Gasteiger partial charge in [0, 0.05) is 28.6 Å². The monoisotopic (exact) mass is 526 g/mol. The number of rotatable bonds is 4. The van der Waals surface area contributed by atoms with Crippen molar-refractivity contribution in [2.45, 2.75) is 56.4 Å². The minimum absolute atomic E-state index is 0.000478. The summed E-state index contributed by atoms with van der Waals surface area (Å²) in [7, 11) is -3.81. The number of para-hydroxylation sites is 2. The lowest BCUT2D eigenvalue weighted by molar-refractivity contribution is 0.0544. The van der Waals surface area contributed by atoms with Crippen LogP contribution in [-0.2, 0) is 14.8 Å². The number of aromatic nitrogens is 2. The smallest absolute Gasteiger partial charge is 0.419 e. The summed E-state index contributed by atoms with van der Waals surface area (Å²) in [6, 6.07) is 24.4. The molecule has 6 rings (SSSR count). The molecule has 0 radical (unpaired) electrons. The van der Waals surface area contributed by atoms with Crippen molar-refractivity contribution in [1.82, 2.24) is 8.54 Å². The number of aryl methyl sites for hydroxylation is 1. The standard InChI is InChI=1S/C31H30N2O4S/c1-20-13-15-22(16-14-20)38(35,36)33-27-11-7-5-9-21(27)17-29(33)25-18-24(25)26-19-32(30(34)37-31(2,3)4)28-12-8-6-10-23(26)28/h5-17,19,24-25H,18H2,1-4H3/t24-,25?/m1/s1. The molecule has 0 amide bonds. The van der Waals surface area contributed by atoms with E-state index < -0.39 is 21.7 Å². The molecule has 0 saturated heterocycles. The number of ether oxygens (including phenoxy) is 1. The highest BCUT2D eigenvalue weighted by molar-refractivity contribution is 7.90. The summed E-state index contributed by atoms with van der Waals surface area (Å²) in [6.07, 6.45) is 2.24. The van der Waals surface area contributed by atoms with Crippen LogP contribution in [0.5, 0.6) is 0 Å². The number of carbonyl (C=O) groups is 1. The topological polar surface area (TPSA) is 70.3 Å². The van der Waals surface area contributed by atoms with Gasteiger partial charge in [0.15, 0.2) is 0 Å². The number of hydrogen-bond acceptors (Lipinski definition) is 4. The van der Waals surface area contributed by atoms with E-state index in [-0.39, 0.29) is 16.7 Å². The van der Waals surface area contributed by atoms with Gasteiger partial charge in [0.2, 0.25) is 0 Å². The molecule has 0 aliphatic heterocycles. The largest absolute Gasteiger partial charge is 0.443 e. The molecule has 1 aliphatic carbocycles. The van der Waals surface area contributed by atoms with E-state index in [1.807, 2.05) is 101 Å². The summed E-state index contributed by atoms with van der Waals surface area (Å²) in [5, 5.41) is 1.87. The highest BCUT2D eigenvalue weighted by atomic mass is 32.2. The predicted octanol–water partition coefficient (Wildman–Crippen LogP) is 7.20. The average Bonchev–Trinajstić information content (AvgIpc) is 3.39. The molecular weight excluding hydrogens is 496 g/mol. The van der Waals surface area contributed by atoms with E-state index >= 15 is 0 Å². The van der Waals surface area contributed by atoms with Crippen LogP contribution in [0.15, 0.2) is 90.0 Å². The van der Waals surface area contributed by atoms with E-state index in [0.717, 1.165) is 39.5 Å². The molecule has 38 heavy (non-hydrogen) atoms.